The van der Waals surface area contributed by atoms with E-state index in [9.17, 15) is 0 Å². The van der Waals surface area contributed by atoms with Crippen molar-refractivity contribution in [3.8, 4) is 0 Å². The Morgan fingerprint density at radius 3 is 1.52 bits per heavy atom. The van der Waals surface area contributed by atoms with Gasteiger partial charge in [0.2, 0.25) is 0 Å². The molecule has 0 aliphatic heterocycles. The van der Waals surface area contributed by atoms with Gasteiger partial charge in [0, 0.05) is 17.9 Å². The summed E-state index contributed by atoms with van der Waals surface area (Å²) < 4.78 is 9.76. The molecule has 0 saturated carbocycles. The van der Waals surface area contributed by atoms with E-state index < -0.39 is 8.65 Å². The average Bonchev–Trinajstić information content (AvgIpc) is 2.44. The van der Waals surface area contributed by atoms with Crippen molar-refractivity contribution in [2.45, 2.75) is 33.7 Å². The van der Waals surface area contributed by atoms with Crippen LogP contribution in [-0.4, -0.2) is 20.9 Å². The van der Waals surface area contributed by atoms with Crippen LogP contribution in [0.5, 0.6) is 0 Å². The molecule has 0 N–H and O–H groups in total. The van der Waals surface area contributed by atoms with Crippen molar-refractivity contribution in [3.63, 3.8) is 0 Å². The predicted octanol–water partition coefficient (Wildman–Crippen LogP) is 8.30. The summed E-state index contributed by atoms with van der Waals surface area (Å²) in [6.07, 6.45) is 13.0. The van der Waals surface area contributed by atoms with Crippen LogP contribution in [0, 0.1) is 0 Å². The van der Waals surface area contributed by atoms with Crippen LogP contribution in [0.3, 0.4) is 0 Å². The predicted molar refractivity (Wildman–Crippen MR) is 130 cm³/mol. The molecule has 136 valence electrons. The van der Waals surface area contributed by atoms with Gasteiger partial charge in [0.15, 0.2) is 0 Å². The first-order valence-electron chi connectivity index (χ1n) is 7.41. The van der Waals surface area contributed by atoms with Crippen molar-refractivity contribution in [2.24, 2.45) is 0 Å². The minimum atomic E-state index is -0.394. The van der Waals surface area contributed by atoms with Crippen molar-refractivity contribution in [2.75, 3.05) is 0 Å². The molecule has 0 saturated heterocycles. The van der Waals surface area contributed by atoms with Crippen LogP contribution in [0.2, 0.25) is 0 Å². The molecule has 0 aromatic rings. The van der Waals surface area contributed by atoms with Gasteiger partial charge in [-0.25, -0.2) is 0 Å². The van der Waals surface area contributed by atoms with Gasteiger partial charge < -0.3 is 4.74 Å². The van der Waals surface area contributed by atoms with Gasteiger partial charge >= 0.3 is 0 Å². The van der Waals surface area contributed by atoms with E-state index in [2.05, 4.69) is 121 Å². The van der Waals surface area contributed by atoms with Gasteiger partial charge in [0.25, 0.3) is 0 Å². The summed E-state index contributed by atoms with van der Waals surface area (Å²) in [6, 6.07) is 0. The first-order chi connectivity index (χ1) is 11.6. The minimum absolute atomic E-state index is 0.218. The SMILES string of the molecule is C=CCC1(Br)C=C(Br)C=C(Br)C1OC1C(Br)=CC(Br)=CC1(Br)CC=C. The molecular weight excluding hydrogens is 712 g/mol. The molecule has 0 aromatic carbocycles. The smallest absolute Gasteiger partial charge is 0.109 e. The Hall–Kier alpha value is 1.28. The van der Waals surface area contributed by atoms with Crippen molar-refractivity contribution in [1.82, 2.24) is 0 Å². The highest BCUT2D eigenvalue weighted by Gasteiger charge is 2.46. The second kappa shape index (κ2) is 9.19. The van der Waals surface area contributed by atoms with E-state index in [-0.39, 0.29) is 12.2 Å². The lowest BCUT2D eigenvalue weighted by Crippen LogP contribution is -2.47. The summed E-state index contributed by atoms with van der Waals surface area (Å²) in [6.45, 7) is 7.78. The van der Waals surface area contributed by atoms with Crippen LogP contribution in [0.15, 0.2) is 67.5 Å². The zero-order valence-corrected chi connectivity index (χ0v) is 22.6. The van der Waals surface area contributed by atoms with Gasteiger partial charge in [-0.1, -0.05) is 120 Å². The Balaban J connectivity index is 2.41. The molecule has 1 nitrogen and oxygen atoms in total. The molecule has 2 aliphatic carbocycles. The largest absolute Gasteiger partial charge is 0.361 e. The fraction of sp³-hybridized carbons (Fsp3) is 0.333. The molecule has 0 aromatic heterocycles. The van der Waals surface area contributed by atoms with Gasteiger partial charge in [-0.3, -0.25) is 0 Å². The standard InChI is InChI=1S/C18H16Br6O/c1-3-5-17(23)9-11(19)7-13(21)15(17)25-16-14(22)8-12(20)10-18(16,24)6-4-2/h3-4,7-10,15-16H,1-2,5-6H2. The Morgan fingerprint density at radius 1 is 0.840 bits per heavy atom. The van der Waals surface area contributed by atoms with E-state index >= 15 is 0 Å². The maximum Gasteiger partial charge on any atom is 0.109 e. The number of alkyl halides is 2. The topological polar surface area (TPSA) is 9.23 Å². The maximum absolute atomic E-state index is 6.64. The summed E-state index contributed by atoms with van der Waals surface area (Å²) in [5.74, 6) is 0. The summed E-state index contributed by atoms with van der Waals surface area (Å²) in [5.41, 5.74) is 0. The number of allylic oxidation sites excluding steroid dienone is 6. The third-order valence-corrected chi connectivity index (χ3v) is 8.01. The van der Waals surface area contributed by atoms with Crippen molar-refractivity contribution in [1.29, 1.82) is 0 Å². The monoisotopic (exact) mass is 722 g/mol. The first kappa shape index (κ1) is 22.6. The molecule has 4 unspecified atom stereocenters. The van der Waals surface area contributed by atoms with Crippen LogP contribution in [-0.2, 0) is 4.74 Å². The van der Waals surface area contributed by atoms with Crippen LogP contribution < -0.4 is 0 Å². The molecule has 0 spiro atoms. The number of hydrogen-bond acceptors (Lipinski definition) is 1. The van der Waals surface area contributed by atoms with E-state index in [4.69, 9.17) is 4.74 Å². The second-order valence-corrected chi connectivity index (χ2v) is 12.5. The van der Waals surface area contributed by atoms with Gasteiger partial charge in [0.1, 0.15) is 12.2 Å². The molecule has 0 radical (unpaired) electrons. The molecule has 0 heterocycles. The number of halogens is 6. The lowest BCUT2D eigenvalue weighted by molar-refractivity contribution is 0.0132. The van der Waals surface area contributed by atoms with Gasteiger partial charge in [-0.05, 0) is 25.0 Å². The number of ether oxygens (including phenoxy) is 1. The molecule has 0 amide bonds. The van der Waals surface area contributed by atoms with E-state index in [1.54, 1.807) is 0 Å². The lowest BCUT2D eigenvalue weighted by Gasteiger charge is -2.42. The summed E-state index contributed by atoms with van der Waals surface area (Å²) in [7, 11) is 0. The number of hydrogen-bond donors (Lipinski definition) is 0. The highest BCUT2D eigenvalue weighted by molar-refractivity contribution is 9.13. The molecule has 2 rings (SSSR count). The van der Waals surface area contributed by atoms with Gasteiger partial charge in [0.05, 0.1) is 8.65 Å². The molecule has 7 heteroatoms. The zero-order chi connectivity index (χ0) is 18.8. The molecule has 0 bridgehead atoms. The van der Waals surface area contributed by atoms with Crippen LogP contribution in [0.25, 0.3) is 0 Å². The minimum Gasteiger partial charge on any atom is -0.361 e. The Kier molecular flexibility index (Phi) is 8.29. The van der Waals surface area contributed by atoms with E-state index in [0.29, 0.717) is 0 Å². The third kappa shape index (κ3) is 5.21. The molecule has 0 fully saturated rings. The van der Waals surface area contributed by atoms with E-state index in [1.165, 1.54) is 0 Å². The van der Waals surface area contributed by atoms with Crippen molar-refractivity contribution < 1.29 is 4.74 Å². The fourth-order valence-corrected chi connectivity index (χ4v) is 9.17. The Morgan fingerprint density at radius 2 is 1.20 bits per heavy atom. The van der Waals surface area contributed by atoms with Gasteiger partial charge in [-0.15, -0.1) is 13.2 Å². The molecule has 4 atom stereocenters. The Labute approximate surface area is 199 Å². The molecular formula is C18H16Br6O. The Bertz CT molecular complexity index is 634. The third-order valence-electron chi connectivity index (χ3n) is 3.87. The molecule has 25 heavy (non-hydrogen) atoms. The summed E-state index contributed by atoms with van der Waals surface area (Å²) >= 11 is 22.2. The normalized spacial score (nSPS) is 35.3. The van der Waals surface area contributed by atoms with E-state index in [1.807, 2.05) is 24.3 Å². The quantitative estimate of drug-likeness (QED) is 0.198. The highest BCUT2D eigenvalue weighted by atomic mass is 79.9. The second-order valence-electron chi connectivity index (χ2n) is 5.85. The van der Waals surface area contributed by atoms with Gasteiger partial charge in [-0.2, -0.15) is 0 Å². The van der Waals surface area contributed by atoms with E-state index in [0.717, 1.165) is 30.8 Å². The van der Waals surface area contributed by atoms with Crippen molar-refractivity contribution >= 4 is 95.6 Å². The first-order valence-corrected chi connectivity index (χ1v) is 12.2. The van der Waals surface area contributed by atoms with Crippen LogP contribution >= 0.6 is 95.6 Å². The molecule has 2 aliphatic rings. The number of rotatable bonds is 6. The average molecular weight is 728 g/mol. The zero-order valence-electron chi connectivity index (χ0n) is 13.1. The van der Waals surface area contributed by atoms with Crippen molar-refractivity contribution in [3.05, 3.63) is 67.5 Å². The van der Waals surface area contributed by atoms with Crippen LogP contribution in [0.4, 0.5) is 0 Å². The summed E-state index contributed by atoms with van der Waals surface area (Å²) in [5, 5.41) is 0. The lowest BCUT2D eigenvalue weighted by atomic mass is 9.90. The maximum atomic E-state index is 6.64. The summed E-state index contributed by atoms with van der Waals surface area (Å²) in [4.78, 5) is 0. The van der Waals surface area contributed by atoms with Crippen LogP contribution in [0.1, 0.15) is 12.8 Å². The highest BCUT2D eigenvalue weighted by Crippen LogP contribution is 2.48. The fourth-order valence-electron chi connectivity index (χ4n) is 2.83.